The fourth-order valence-corrected chi connectivity index (χ4v) is 4.61. The van der Waals surface area contributed by atoms with Gasteiger partial charge in [-0.15, -0.1) is 0 Å². The second kappa shape index (κ2) is 5.32. The molecule has 5 nitrogen and oxygen atoms in total. The van der Waals surface area contributed by atoms with Gasteiger partial charge in [0.2, 0.25) is 0 Å². The van der Waals surface area contributed by atoms with Gasteiger partial charge in [0.05, 0.1) is 12.7 Å². The maximum atomic E-state index is 12.1. The van der Waals surface area contributed by atoms with E-state index in [9.17, 15) is 18.5 Å². The Balaban J connectivity index is 2.50. The van der Waals surface area contributed by atoms with Crippen molar-refractivity contribution in [2.24, 2.45) is 5.41 Å². The van der Waals surface area contributed by atoms with Gasteiger partial charge in [0.25, 0.3) is 0 Å². The number of benzene rings is 1. The summed E-state index contributed by atoms with van der Waals surface area (Å²) in [5.74, 6) is -1.52. The fraction of sp³-hybridized carbons (Fsp3) is 0.429. The number of rotatable bonds is 4. The number of carbonyl (C=O) groups is 1. The summed E-state index contributed by atoms with van der Waals surface area (Å²) in [6, 6.07) is 8.33. The minimum atomic E-state index is -3.58. The first-order chi connectivity index (χ1) is 9.79. The molecule has 1 aromatic carbocycles. The normalized spacial score (nSPS) is 27.7. The number of ether oxygens (including phenoxy) is 1. The van der Waals surface area contributed by atoms with Crippen molar-refractivity contribution in [3.8, 4) is 6.07 Å². The lowest BCUT2D eigenvalue weighted by atomic mass is 10.0. The van der Waals surface area contributed by atoms with Crippen molar-refractivity contribution >= 4 is 27.4 Å². The average molecular weight is 328 g/mol. The first kappa shape index (κ1) is 15.8. The van der Waals surface area contributed by atoms with Crippen molar-refractivity contribution in [3.63, 3.8) is 0 Å². The third-order valence-electron chi connectivity index (χ3n) is 3.62. The van der Waals surface area contributed by atoms with E-state index in [4.69, 9.17) is 16.3 Å². The second-order valence-corrected chi connectivity index (χ2v) is 7.58. The van der Waals surface area contributed by atoms with Gasteiger partial charge in [-0.3, -0.25) is 4.79 Å². The van der Waals surface area contributed by atoms with Crippen LogP contribution in [0.1, 0.15) is 18.4 Å². The summed E-state index contributed by atoms with van der Waals surface area (Å²) in [4.78, 5) is 12.1. The number of hydrogen-bond acceptors (Lipinski definition) is 5. The van der Waals surface area contributed by atoms with Gasteiger partial charge in [0.15, 0.2) is 15.3 Å². The number of halogens is 1. The number of esters is 1. The minimum Gasteiger partial charge on any atom is -0.465 e. The fourth-order valence-electron chi connectivity index (χ4n) is 2.72. The Morgan fingerprint density at radius 2 is 2.00 bits per heavy atom. The smallest absolute Gasteiger partial charge is 0.328 e. The number of nitrogens with zero attached hydrogens (tertiary/aromatic N) is 1. The monoisotopic (exact) mass is 327 g/mol. The summed E-state index contributed by atoms with van der Waals surface area (Å²) in [7, 11) is -3.58. The molecular weight excluding hydrogens is 314 g/mol. The molecule has 2 rings (SSSR count). The van der Waals surface area contributed by atoms with E-state index in [0.29, 0.717) is 10.6 Å². The highest BCUT2D eigenvalue weighted by Gasteiger charge is 2.76. The molecule has 0 spiro atoms. The lowest BCUT2D eigenvalue weighted by Gasteiger charge is -2.08. The van der Waals surface area contributed by atoms with E-state index in [1.807, 2.05) is 6.07 Å². The summed E-state index contributed by atoms with van der Waals surface area (Å²) in [6.45, 7) is 1.70. The van der Waals surface area contributed by atoms with E-state index >= 15 is 0 Å². The first-order valence-electron chi connectivity index (χ1n) is 6.31. The molecule has 112 valence electrons. The highest BCUT2D eigenvalue weighted by molar-refractivity contribution is 7.91. The van der Waals surface area contributed by atoms with E-state index in [0.717, 1.165) is 6.26 Å². The predicted molar refractivity (Wildman–Crippen MR) is 77.5 cm³/mol. The molecule has 1 aliphatic rings. The van der Waals surface area contributed by atoms with Gasteiger partial charge < -0.3 is 4.74 Å². The van der Waals surface area contributed by atoms with Crippen LogP contribution in [-0.4, -0.2) is 32.5 Å². The molecule has 1 saturated carbocycles. The van der Waals surface area contributed by atoms with Crippen molar-refractivity contribution in [3.05, 3.63) is 34.9 Å². The molecule has 0 radical (unpaired) electrons. The first-order valence-corrected chi connectivity index (χ1v) is 8.65. The Hall–Kier alpha value is -1.58. The van der Waals surface area contributed by atoms with Crippen LogP contribution in [0.25, 0.3) is 0 Å². The molecule has 3 atom stereocenters. The average Bonchev–Trinajstić information content (AvgIpc) is 3.10. The van der Waals surface area contributed by atoms with Gasteiger partial charge in [0.1, 0.15) is 5.25 Å². The standard InChI is InChI=1S/C14H14ClNO4S/c1-3-20-13(17)14(8-16)11(12(14)21(2,18)19)9-4-6-10(15)7-5-9/h4-7,11-12H,3H2,1-2H3/t11-,12+,14-/m1/s1. The van der Waals surface area contributed by atoms with E-state index < -0.39 is 32.4 Å². The Bertz CT molecular complexity index is 707. The van der Waals surface area contributed by atoms with Gasteiger partial charge in [0, 0.05) is 17.2 Å². The Morgan fingerprint density at radius 3 is 2.43 bits per heavy atom. The van der Waals surface area contributed by atoms with Gasteiger partial charge in [-0.2, -0.15) is 5.26 Å². The van der Waals surface area contributed by atoms with Crippen molar-refractivity contribution in [1.29, 1.82) is 5.26 Å². The van der Waals surface area contributed by atoms with Gasteiger partial charge in [-0.25, -0.2) is 8.42 Å². The molecule has 1 aromatic rings. The Kier molecular flexibility index (Phi) is 4.00. The van der Waals surface area contributed by atoms with Crippen molar-refractivity contribution in [1.82, 2.24) is 0 Å². The van der Waals surface area contributed by atoms with E-state index in [2.05, 4.69) is 0 Å². The quantitative estimate of drug-likeness (QED) is 0.789. The Labute approximate surface area is 128 Å². The van der Waals surface area contributed by atoms with Crippen LogP contribution in [0, 0.1) is 16.7 Å². The summed E-state index contributed by atoms with van der Waals surface area (Å²) in [6.07, 6.45) is 1.03. The molecule has 0 N–H and O–H groups in total. The van der Waals surface area contributed by atoms with Crippen LogP contribution in [0.2, 0.25) is 5.02 Å². The van der Waals surface area contributed by atoms with Crippen LogP contribution >= 0.6 is 11.6 Å². The topological polar surface area (TPSA) is 84.2 Å². The summed E-state index contributed by atoms with van der Waals surface area (Å²) < 4.78 is 28.8. The number of nitriles is 1. The SMILES string of the molecule is CCOC(=O)[C@]1(C#N)[C@H](c2ccc(Cl)cc2)[C@@H]1S(C)(=O)=O. The maximum absolute atomic E-state index is 12.1. The molecule has 0 aromatic heterocycles. The molecule has 0 amide bonds. The molecule has 1 fully saturated rings. The van der Waals surface area contributed by atoms with Crippen LogP contribution in [-0.2, 0) is 19.4 Å². The minimum absolute atomic E-state index is 0.0894. The van der Waals surface area contributed by atoms with Gasteiger partial charge in [-0.1, -0.05) is 23.7 Å². The van der Waals surface area contributed by atoms with E-state index in [1.54, 1.807) is 31.2 Å². The molecule has 0 bridgehead atoms. The zero-order valence-electron chi connectivity index (χ0n) is 11.5. The predicted octanol–water partition coefficient (Wildman–Crippen LogP) is 1.92. The van der Waals surface area contributed by atoms with Crippen LogP contribution < -0.4 is 0 Å². The van der Waals surface area contributed by atoms with E-state index in [1.165, 1.54) is 0 Å². The van der Waals surface area contributed by atoms with Crippen LogP contribution in [0.3, 0.4) is 0 Å². The summed E-state index contributed by atoms with van der Waals surface area (Å²) >= 11 is 5.81. The molecule has 21 heavy (non-hydrogen) atoms. The molecule has 0 unspecified atom stereocenters. The highest BCUT2D eigenvalue weighted by Crippen LogP contribution is 2.63. The van der Waals surface area contributed by atoms with Crippen LogP contribution in [0.15, 0.2) is 24.3 Å². The number of sulfone groups is 1. The molecule has 0 heterocycles. The van der Waals surface area contributed by atoms with Crippen molar-refractivity contribution < 1.29 is 17.9 Å². The lowest BCUT2D eigenvalue weighted by molar-refractivity contribution is -0.147. The molecule has 0 aliphatic heterocycles. The van der Waals surface area contributed by atoms with Gasteiger partial charge in [-0.05, 0) is 24.6 Å². The highest BCUT2D eigenvalue weighted by atomic mass is 35.5. The maximum Gasteiger partial charge on any atom is 0.328 e. The molecule has 1 aliphatic carbocycles. The molecule has 0 saturated heterocycles. The van der Waals surface area contributed by atoms with Crippen LogP contribution in [0.5, 0.6) is 0 Å². The molecular formula is C14H14ClNO4S. The second-order valence-electron chi connectivity index (χ2n) is 4.98. The number of hydrogen-bond donors (Lipinski definition) is 0. The largest absolute Gasteiger partial charge is 0.465 e. The lowest BCUT2D eigenvalue weighted by Crippen LogP contribution is -2.24. The summed E-state index contributed by atoms with van der Waals surface area (Å²) in [5, 5.41) is 8.84. The third kappa shape index (κ3) is 2.52. The van der Waals surface area contributed by atoms with Crippen LogP contribution in [0.4, 0.5) is 0 Å². The van der Waals surface area contributed by atoms with E-state index in [-0.39, 0.29) is 6.61 Å². The zero-order chi connectivity index (χ0) is 15.8. The summed E-state index contributed by atoms with van der Waals surface area (Å²) in [5.41, 5.74) is -1.08. The van der Waals surface area contributed by atoms with Crippen molar-refractivity contribution in [2.45, 2.75) is 18.1 Å². The van der Waals surface area contributed by atoms with Crippen molar-refractivity contribution in [2.75, 3.05) is 12.9 Å². The van der Waals surface area contributed by atoms with Gasteiger partial charge >= 0.3 is 5.97 Å². The zero-order valence-corrected chi connectivity index (χ0v) is 13.1. The number of carbonyl (C=O) groups excluding carboxylic acids is 1. The molecule has 7 heteroatoms. The Morgan fingerprint density at radius 1 is 1.43 bits per heavy atom. The third-order valence-corrected chi connectivity index (χ3v) is 5.44.